The van der Waals surface area contributed by atoms with E-state index in [9.17, 15) is 9.59 Å². The van der Waals surface area contributed by atoms with Gasteiger partial charge in [-0.05, 0) is 90.2 Å². The van der Waals surface area contributed by atoms with E-state index in [1.54, 1.807) is 0 Å². The molecule has 6 nitrogen and oxygen atoms in total. The standard InChI is InChI=1S/C15H20BrNO2.C9H17NO2.C6H4BrI/c1-3-8-17-14(15(18)19-9-4-2)11-12-6-5-7-13(16)10-12;1-4-6-10-8(3)9(11)12-7-5-2;7-5-2-1-3-6(8)4-5/h5-7,10-11,17H,3-4,8-9H2,1-2H3;10H,3-7H2,1-2H3;1-4H/b14-11-;;. The van der Waals surface area contributed by atoms with Gasteiger partial charge in [-0.15, -0.1) is 0 Å². The molecule has 0 aliphatic carbocycles. The Balaban J connectivity index is 0.000000614. The highest BCUT2D eigenvalue weighted by atomic mass is 127. The molecule has 0 saturated carbocycles. The first-order valence-corrected chi connectivity index (χ1v) is 15.7. The summed E-state index contributed by atoms with van der Waals surface area (Å²) in [6.07, 6.45) is 5.41. The van der Waals surface area contributed by atoms with Gasteiger partial charge in [0.25, 0.3) is 0 Å². The second-order valence-corrected chi connectivity index (χ2v) is 11.2. The topological polar surface area (TPSA) is 76.7 Å². The van der Waals surface area contributed by atoms with Crippen molar-refractivity contribution in [1.82, 2.24) is 10.6 Å². The smallest absolute Gasteiger partial charge is 0.354 e. The number of nitrogens with one attached hydrogen (secondary N) is 2. The molecule has 2 N–H and O–H groups in total. The van der Waals surface area contributed by atoms with Crippen LogP contribution in [-0.2, 0) is 19.1 Å². The summed E-state index contributed by atoms with van der Waals surface area (Å²) in [6, 6.07) is 16.0. The molecule has 0 amide bonds. The van der Waals surface area contributed by atoms with Crippen molar-refractivity contribution >= 4 is 72.5 Å². The summed E-state index contributed by atoms with van der Waals surface area (Å²) >= 11 is 9.05. The van der Waals surface area contributed by atoms with E-state index >= 15 is 0 Å². The number of ether oxygens (including phenoxy) is 2. The summed E-state index contributed by atoms with van der Waals surface area (Å²) < 4.78 is 13.4. The van der Waals surface area contributed by atoms with Crippen LogP contribution in [0, 0.1) is 3.57 Å². The maximum absolute atomic E-state index is 11.9. The molecule has 0 aromatic heterocycles. The Hall–Kier alpha value is -1.85. The molecule has 0 aliphatic heterocycles. The van der Waals surface area contributed by atoms with Crippen molar-refractivity contribution in [2.45, 2.75) is 53.4 Å². The molecule has 0 bridgehead atoms. The van der Waals surface area contributed by atoms with Crippen molar-refractivity contribution < 1.29 is 19.1 Å². The summed E-state index contributed by atoms with van der Waals surface area (Å²) in [5, 5.41) is 5.99. The molecule has 9 heteroatoms. The summed E-state index contributed by atoms with van der Waals surface area (Å²) in [5.41, 5.74) is 1.82. The van der Waals surface area contributed by atoms with Crippen LogP contribution in [0.1, 0.15) is 58.9 Å². The molecule has 0 saturated heterocycles. The van der Waals surface area contributed by atoms with Crippen LogP contribution in [0.4, 0.5) is 0 Å². The third kappa shape index (κ3) is 19.8. The fourth-order valence-electron chi connectivity index (χ4n) is 2.57. The molecule has 2 aromatic carbocycles. The summed E-state index contributed by atoms with van der Waals surface area (Å²) in [6.45, 7) is 14.0. The highest BCUT2D eigenvalue weighted by Gasteiger charge is 2.10. The number of carbonyl (C=O) groups is 2. The normalized spacial score (nSPS) is 10.2. The predicted octanol–water partition coefficient (Wildman–Crippen LogP) is 8.25. The third-order valence-electron chi connectivity index (χ3n) is 4.44. The van der Waals surface area contributed by atoms with Crippen molar-refractivity contribution in [3.05, 3.63) is 84.6 Å². The highest BCUT2D eigenvalue weighted by molar-refractivity contribution is 14.1. The van der Waals surface area contributed by atoms with Gasteiger partial charge in [0.05, 0.1) is 13.2 Å². The number of rotatable bonds is 13. The first kappa shape index (κ1) is 37.1. The molecule has 2 rings (SSSR count). The van der Waals surface area contributed by atoms with Crippen LogP contribution in [0.15, 0.2) is 75.4 Å². The van der Waals surface area contributed by atoms with Crippen LogP contribution in [0.2, 0.25) is 0 Å². The Morgan fingerprint density at radius 3 is 1.85 bits per heavy atom. The van der Waals surface area contributed by atoms with Crippen LogP contribution in [0.5, 0.6) is 0 Å². The molecule has 0 heterocycles. The highest BCUT2D eigenvalue weighted by Crippen LogP contribution is 2.14. The zero-order valence-electron chi connectivity index (χ0n) is 23.3. The summed E-state index contributed by atoms with van der Waals surface area (Å²) in [7, 11) is 0. The Bertz CT molecular complexity index is 996. The van der Waals surface area contributed by atoms with Crippen LogP contribution in [-0.4, -0.2) is 38.2 Å². The molecule has 39 heavy (non-hydrogen) atoms. The number of benzene rings is 2. The van der Waals surface area contributed by atoms with Gasteiger partial charge in [0.15, 0.2) is 0 Å². The van der Waals surface area contributed by atoms with Crippen LogP contribution < -0.4 is 10.6 Å². The zero-order chi connectivity index (χ0) is 29.5. The van der Waals surface area contributed by atoms with Gasteiger partial charge >= 0.3 is 11.9 Å². The molecule has 0 fully saturated rings. The first-order valence-electron chi connectivity index (χ1n) is 13.1. The maximum Gasteiger partial charge on any atom is 0.354 e. The van der Waals surface area contributed by atoms with Crippen LogP contribution in [0.3, 0.4) is 0 Å². The average Bonchev–Trinajstić information content (AvgIpc) is 2.91. The van der Waals surface area contributed by atoms with E-state index in [2.05, 4.69) is 90.7 Å². The van der Waals surface area contributed by atoms with Crippen molar-refractivity contribution in [3.8, 4) is 0 Å². The van der Waals surface area contributed by atoms with Gasteiger partial charge in [0.1, 0.15) is 11.4 Å². The van der Waals surface area contributed by atoms with Crippen LogP contribution >= 0.6 is 54.5 Å². The molecule has 0 aliphatic rings. The van der Waals surface area contributed by atoms with E-state index < -0.39 is 0 Å². The molecule has 0 atom stereocenters. The van der Waals surface area contributed by atoms with Gasteiger partial charge in [-0.3, -0.25) is 0 Å². The van der Waals surface area contributed by atoms with E-state index in [1.807, 2.05) is 63.2 Å². The van der Waals surface area contributed by atoms with Crippen molar-refractivity contribution in [3.63, 3.8) is 0 Å². The van der Waals surface area contributed by atoms with Crippen LogP contribution in [0.25, 0.3) is 6.08 Å². The molecule has 0 unspecified atom stereocenters. The van der Waals surface area contributed by atoms with Gasteiger partial charge in [0, 0.05) is 25.6 Å². The monoisotopic (exact) mass is 778 g/mol. The number of esters is 2. The SMILES string of the molecule is Brc1cccc(I)c1.C=C(NCCC)C(=O)OCCC.CCCN/C(=C\c1cccc(Br)c1)C(=O)OCCC. The molecule has 0 radical (unpaired) electrons. The van der Waals surface area contributed by atoms with Crippen molar-refractivity contribution in [2.24, 2.45) is 0 Å². The minimum absolute atomic E-state index is 0.296. The minimum atomic E-state index is -0.342. The molecule has 2 aromatic rings. The fraction of sp³-hybridized carbons (Fsp3) is 0.400. The Morgan fingerprint density at radius 1 is 0.821 bits per heavy atom. The first-order chi connectivity index (χ1) is 18.7. The van der Waals surface area contributed by atoms with E-state index in [0.29, 0.717) is 24.6 Å². The summed E-state index contributed by atoms with van der Waals surface area (Å²) in [4.78, 5) is 23.0. The van der Waals surface area contributed by atoms with Gasteiger partial charge in [-0.1, -0.05) is 84.3 Å². The quantitative estimate of drug-likeness (QED) is 0.121. The Labute approximate surface area is 264 Å². The van der Waals surface area contributed by atoms with Gasteiger partial charge in [-0.25, -0.2) is 9.59 Å². The lowest BCUT2D eigenvalue weighted by atomic mass is 10.2. The molecular weight excluding hydrogens is 739 g/mol. The lowest BCUT2D eigenvalue weighted by Gasteiger charge is -2.10. The fourth-order valence-corrected chi connectivity index (χ4v) is 4.35. The molecule has 216 valence electrons. The van der Waals surface area contributed by atoms with Gasteiger partial charge in [-0.2, -0.15) is 0 Å². The number of halogens is 3. The van der Waals surface area contributed by atoms with Gasteiger partial charge < -0.3 is 20.1 Å². The van der Waals surface area contributed by atoms with E-state index in [4.69, 9.17) is 9.47 Å². The predicted molar refractivity (Wildman–Crippen MR) is 177 cm³/mol. The van der Waals surface area contributed by atoms with Gasteiger partial charge in [0.2, 0.25) is 0 Å². The van der Waals surface area contributed by atoms with E-state index in [0.717, 1.165) is 53.3 Å². The Kier molecular flexibility index (Phi) is 22.9. The number of hydrogen-bond acceptors (Lipinski definition) is 6. The summed E-state index contributed by atoms with van der Waals surface area (Å²) in [5.74, 6) is -0.638. The second kappa shape index (κ2) is 24.0. The zero-order valence-corrected chi connectivity index (χ0v) is 28.7. The number of carbonyl (C=O) groups excluding carboxylic acids is 2. The van der Waals surface area contributed by atoms with Crippen molar-refractivity contribution in [1.29, 1.82) is 0 Å². The second-order valence-electron chi connectivity index (χ2n) is 8.16. The maximum atomic E-state index is 11.9. The van der Waals surface area contributed by atoms with E-state index in [1.165, 1.54) is 3.57 Å². The van der Waals surface area contributed by atoms with Crippen molar-refractivity contribution in [2.75, 3.05) is 26.3 Å². The molecular formula is C30H41Br2IN2O4. The minimum Gasteiger partial charge on any atom is -0.461 e. The third-order valence-corrected chi connectivity index (χ3v) is 6.10. The van der Waals surface area contributed by atoms with E-state index in [-0.39, 0.29) is 11.9 Å². The lowest BCUT2D eigenvalue weighted by Crippen LogP contribution is -2.23. The number of hydrogen-bond donors (Lipinski definition) is 2. The molecule has 0 spiro atoms. The largest absolute Gasteiger partial charge is 0.461 e. The lowest BCUT2D eigenvalue weighted by molar-refractivity contribution is -0.140. The average molecular weight is 780 g/mol. The Morgan fingerprint density at radius 2 is 1.36 bits per heavy atom.